The van der Waals surface area contributed by atoms with E-state index >= 15 is 0 Å². The molecule has 5 heteroatoms. The number of rotatable bonds is 6. The molecule has 0 aliphatic carbocycles. The SMILES string of the molecule is CC(CNCCc1ccsc1)C(N)=NO. The number of nitrogens with one attached hydrogen (secondary N) is 1. The van der Waals surface area contributed by atoms with Gasteiger partial charge < -0.3 is 16.3 Å². The predicted octanol–water partition coefficient (Wildman–Crippen LogP) is 1.26. The van der Waals surface area contributed by atoms with Gasteiger partial charge in [-0.05, 0) is 35.4 Å². The molecule has 15 heavy (non-hydrogen) atoms. The van der Waals surface area contributed by atoms with Crippen LogP contribution >= 0.6 is 11.3 Å². The first-order valence-corrected chi connectivity index (χ1v) is 5.87. The van der Waals surface area contributed by atoms with Crippen molar-refractivity contribution >= 4 is 17.2 Å². The fraction of sp³-hybridized carbons (Fsp3) is 0.500. The molecule has 1 aromatic heterocycles. The minimum Gasteiger partial charge on any atom is -0.409 e. The van der Waals surface area contributed by atoms with E-state index in [0.717, 1.165) is 19.5 Å². The van der Waals surface area contributed by atoms with Crippen LogP contribution < -0.4 is 11.1 Å². The lowest BCUT2D eigenvalue weighted by atomic mass is 10.1. The molecule has 1 unspecified atom stereocenters. The summed E-state index contributed by atoms with van der Waals surface area (Å²) < 4.78 is 0. The van der Waals surface area contributed by atoms with Gasteiger partial charge >= 0.3 is 0 Å². The van der Waals surface area contributed by atoms with E-state index in [9.17, 15) is 0 Å². The van der Waals surface area contributed by atoms with Crippen LogP contribution in [0.25, 0.3) is 0 Å². The highest BCUT2D eigenvalue weighted by molar-refractivity contribution is 7.07. The monoisotopic (exact) mass is 227 g/mol. The van der Waals surface area contributed by atoms with E-state index in [1.54, 1.807) is 11.3 Å². The maximum Gasteiger partial charge on any atom is 0.143 e. The summed E-state index contributed by atoms with van der Waals surface area (Å²) in [5, 5.41) is 18.9. The molecule has 1 atom stereocenters. The first-order chi connectivity index (χ1) is 7.24. The third kappa shape index (κ3) is 4.31. The Hall–Kier alpha value is -1.07. The third-order valence-electron chi connectivity index (χ3n) is 2.24. The van der Waals surface area contributed by atoms with E-state index in [4.69, 9.17) is 10.9 Å². The average Bonchev–Trinajstić information content (AvgIpc) is 2.75. The summed E-state index contributed by atoms with van der Waals surface area (Å²) in [5.74, 6) is 0.343. The Balaban J connectivity index is 2.12. The highest BCUT2D eigenvalue weighted by Gasteiger charge is 2.06. The van der Waals surface area contributed by atoms with Crippen LogP contribution in [0.3, 0.4) is 0 Å². The molecule has 0 bridgehead atoms. The molecule has 84 valence electrons. The van der Waals surface area contributed by atoms with Crippen molar-refractivity contribution in [3.63, 3.8) is 0 Å². The van der Waals surface area contributed by atoms with E-state index in [1.165, 1.54) is 5.56 Å². The zero-order valence-electron chi connectivity index (χ0n) is 8.81. The Morgan fingerprint density at radius 3 is 3.13 bits per heavy atom. The fourth-order valence-corrected chi connectivity index (χ4v) is 1.89. The summed E-state index contributed by atoms with van der Waals surface area (Å²) in [6, 6.07) is 2.12. The Bertz CT molecular complexity index is 298. The minimum absolute atomic E-state index is 0.0671. The Kier molecular flexibility index (Phi) is 5.14. The Morgan fingerprint density at radius 2 is 2.53 bits per heavy atom. The highest BCUT2D eigenvalue weighted by Crippen LogP contribution is 2.05. The van der Waals surface area contributed by atoms with Crippen LogP contribution in [0.15, 0.2) is 22.0 Å². The summed E-state index contributed by atoms with van der Waals surface area (Å²) in [5.41, 5.74) is 6.81. The molecule has 0 radical (unpaired) electrons. The summed E-state index contributed by atoms with van der Waals surface area (Å²) in [7, 11) is 0. The first kappa shape index (κ1) is 12.0. The molecule has 4 nitrogen and oxygen atoms in total. The summed E-state index contributed by atoms with van der Waals surface area (Å²) in [6.07, 6.45) is 1.02. The maximum atomic E-state index is 8.45. The molecule has 4 N–H and O–H groups in total. The summed E-state index contributed by atoms with van der Waals surface area (Å²) in [4.78, 5) is 0. The fourth-order valence-electron chi connectivity index (χ4n) is 1.19. The van der Waals surface area contributed by atoms with Crippen LogP contribution in [0.5, 0.6) is 0 Å². The second-order valence-electron chi connectivity index (χ2n) is 3.51. The average molecular weight is 227 g/mol. The van der Waals surface area contributed by atoms with Gasteiger partial charge in [0, 0.05) is 12.5 Å². The van der Waals surface area contributed by atoms with Gasteiger partial charge in [0.05, 0.1) is 0 Å². The predicted molar refractivity (Wildman–Crippen MR) is 63.5 cm³/mol. The van der Waals surface area contributed by atoms with Gasteiger partial charge in [0.25, 0.3) is 0 Å². The number of thiophene rings is 1. The maximum absolute atomic E-state index is 8.45. The summed E-state index contributed by atoms with van der Waals surface area (Å²) in [6.45, 7) is 3.58. The minimum atomic E-state index is 0.0671. The van der Waals surface area contributed by atoms with E-state index in [0.29, 0.717) is 0 Å². The quantitative estimate of drug-likeness (QED) is 0.225. The molecule has 0 saturated carbocycles. The van der Waals surface area contributed by atoms with Gasteiger partial charge in [-0.3, -0.25) is 0 Å². The second-order valence-corrected chi connectivity index (χ2v) is 4.29. The van der Waals surface area contributed by atoms with Crippen LogP contribution in [0.1, 0.15) is 12.5 Å². The second kappa shape index (κ2) is 6.42. The molecule has 1 aromatic rings. The molecule has 1 rings (SSSR count). The number of hydrogen-bond acceptors (Lipinski definition) is 4. The molecule has 0 saturated heterocycles. The molecule has 0 amide bonds. The molecule has 0 aliphatic heterocycles. The number of amidine groups is 1. The molecular formula is C10H17N3OS. The van der Waals surface area contributed by atoms with Crippen LogP contribution in [0.2, 0.25) is 0 Å². The Labute approximate surface area is 93.8 Å². The van der Waals surface area contributed by atoms with Gasteiger partial charge in [0.2, 0.25) is 0 Å². The van der Waals surface area contributed by atoms with E-state index in [2.05, 4.69) is 27.3 Å². The normalized spacial score (nSPS) is 14.1. The lowest BCUT2D eigenvalue weighted by Gasteiger charge is -2.10. The molecule has 0 fully saturated rings. The molecule has 0 aromatic carbocycles. The van der Waals surface area contributed by atoms with Gasteiger partial charge in [-0.1, -0.05) is 12.1 Å². The van der Waals surface area contributed by atoms with Crippen molar-refractivity contribution in [2.45, 2.75) is 13.3 Å². The van der Waals surface area contributed by atoms with E-state index in [-0.39, 0.29) is 11.8 Å². The molecular weight excluding hydrogens is 210 g/mol. The van der Waals surface area contributed by atoms with Crippen molar-refractivity contribution in [1.82, 2.24) is 5.32 Å². The zero-order chi connectivity index (χ0) is 11.1. The molecule has 0 aliphatic rings. The summed E-state index contributed by atoms with van der Waals surface area (Å²) >= 11 is 1.71. The largest absolute Gasteiger partial charge is 0.409 e. The smallest absolute Gasteiger partial charge is 0.143 e. The van der Waals surface area contributed by atoms with E-state index in [1.807, 2.05) is 6.92 Å². The van der Waals surface area contributed by atoms with Crippen molar-refractivity contribution in [3.05, 3.63) is 22.4 Å². The number of hydrogen-bond donors (Lipinski definition) is 3. The standard InChI is InChI=1S/C10H17N3OS/c1-8(10(11)13-14)6-12-4-2-9-3-5-15-7-9/h3,5,7-8,12,14H,2,4,6H2,1H3,(H2,11,13). The van der Waals surface area contributed by atoms with E-state index < -0.39 is 0 Å². The van der Waals surface area contributed by atoms with Gasteiger partial charge in [-0.25, -0.2) is 0 Å². The number of oxime groups is 1. The van der Waals surface area contributed by atoms with Gasteiger partial charge in [0.15, 0.2) is 0 Å². The van der Waals surface area contributed by atoms with Gasteiger partial charge in [-0.15, -0.1) is 0 Å². The van der Waals surface area contributed by atoms with Crippen LogP contribution in [0.4, 0.5) is 0 Å². The van der Waals surface area contributed by atoms with Gasteiger partial charge in [-0.2, -0.15) is 11.3 Å². The molecule has 1 heterocycles. The van der Waals surface area contributed by atoms with Crippen molar-refractivity contribution in [2.75, 3.05) is 13.1 Å². The van der Waals surface area contributed by atoms with Crippen LogP contribution in [-0.4, -0.2) is 24.1 Å². The van der Waals surface area contributed by atoms with Crippen molar-refractivity contribution < 1.29 is 5.21 Å². The van der Waals surface area contributed by atoms with Crippen LogP contribution in [0, 0.1) is 5.92 Å². The van der Waals surface area contributed by atoms with Gasteiger partial charge in [0.1, 0.15) is 5.84 Å². The molecule has 0 spiro atoms. The van der Waals surface area contributed by atoms with Crippen molar-refractivity contribution in [1.29, 1.82) is 0 Å². The van der Waals surface area contributed by atoms with Crippen LogP contribution in [-0.2, 0) is 6.42 Å². The van der Waals surface area contributed by atoms with Crippen molar-refractivity contribution in [3.8, 4) is 0 Å². The topological polar surface area (TPSA) is 70.6 Å². The van der Waals surface area contributed by atoms with Crippen molar-refractivity contribution in [2.24, 2.45) is 16.8 Å². The number of nitrogens with two attached hydrogens (primary N) is 1. The number of nitrogens with zero attached hydrogens (tertiary/aromatic N) is 1. The lowest BCUT2D eigenvalue weighted by Crippen LogP contribution is -2.32. The zero-order valence-corrected chi connectivity index (χ0v) is 9.63. The first-order valence-electron chi connectivity index (χ1n) is 4.93. The lowest BCUT2D eigenvalue weighted by molar-refractivity contribution is 0.314. The third-order valence-corrected chi connectivity index (χ3v) is 2.97. The highest BCUT2D eigenvalue weighted by atomic mass is 32.1. The Morgan fingerprint density at radius 1 is 1.73 bits per heavy atom.